The van der Waals surface area contributed by atoms with Gasteiger partial charge in [0.05, 0.1) is 0 Å². The third-order valence-electron chi connectivity index (χ3n) is 3.38. The van der Waals surface area contributed by atoms with Crippen LogP contribution in [0.1, 0.15) is 15.9 Å². The van der Waals surface area contributed by atoms with E-state index in [0.717, 1.165) is 22.6 Å². The van der Waals surface area contributed by atoms with E-state index in [1.165, 1.54) is 17.8 Å². The zero-order valence-electron chi connectivity index (χ0n) is 13.2. The first-order valence-electron chi connectivity index (χ1n) is 7.35. The number of nitrogens with zero attached hydrogens (tertiary/aromatic N) is 2. The lowest BCUT2D eigenvalue weighted by atomic mass is 10.1. The van der Waals surface area contributed by atoms with Gasteiger partial charge >= 0.3 is 0 Å². The van der Waals surface area contributed by atoms with Crippen LogP contribution in [0.4, 0.5) is 14.5 Å². The summed E-state index contributed by atoms with van der Waals surface area (Å²) in [6, 6.07) is 10.2. The standard InChI is InChI=1S/C18H13F2N3OS/c1-11-9-13(25-18-21-7-2-8-22-18)4-6-16(11)23-17(24)12-3-5-14(19)15(20)10-12/h2-10H,1H3,(H,23,24). The molecule has 3 aromatic rings. The number of aryl methyl sites for hydroxylation is 1. The smallest absolute Gasteiger partial charge is 0.255 e. The molecule has 0 radical (unpaired) electrons. The number of carbonyl (C=O) groups is 1. The van der Waals surface area contributed by atoms with Gasteiger partial charge in [0.1, 0.15) is 0 Å². The molecule has 1 N–H and O–H groups in total. The van der Waals surface area contributed by atoms with Crippen molar-refractivity contribution in [2.24, 2.45) is 0 Å². The highest BCUT2D eigenvalue weighted by molar-refractivity contribution is 7.99. The molecule has 0 unspecified atom stereocenters. The quantitative estimate of drug-likeness (QED) is 0.700. The van der Waals surface area contributed by atoms with Crippen LogP contribution in [-0.4, -0.2) is 15.9 Å². The van der Waals surface area contributed by atoms with E-state index in [1.54, 1.807) is 24.5 Å². The van der Waals surface area contributed by atoms with Crippen molar-refractivity contribution in [2.75, 3.05) is 5.32 Å². The van der Waals surface area contributed by atoms with Gasteiger partial charge in [0.2, 0.25) is 0 Å². The van der Waals surface area contributed by atoms with Crippen molar-refractivity contribution in [3.8, 4) is 0 Å². The molecule has 2 aromatic carbocycles. The third kappa shape index (κ3) is 4.19. The van der Waals surface area contributed by atoms with Crippen molar-refractivity contribution in [3.05, 3.63) is 77.6 Å². The summed E-state index contributed by atoms with van der Waals surface area (Å²) >= 11 is 1.40. The maximum absolute atomic E-state index is 13.2. The van der Waals surface area contributed by atoms with Crippen LogP contribution in [0, 0.1) is 18.6 Å². The fraction of sp³-hybridized carbons (Fsp3) is 0.0556. The van der Waals surface area contributed by atoms with Gasteiger partial charge in [0.15, 0.2) is 16.8 Å². The minimum absolute atomic E-state index is 0.0504. The lowest BCUT2D eigenvalue weighted by Crippen LogP contribution is -2.13. The first-order chi connectivity index (χ1) is 12.0. The van der Waals surface area contributed by atoms with Crippen LogP contribution >= 0.6 is 11.8 Å². The van der Waals surface area contributed by atoms with Gasteiger partial charge in [-0.15, -0.1) is 0 Å². The number of amides is 1. The molecule has 0 spiro atoms. The summed E-state index contributed by atoms with van der Waals surface area (Å²) in [6.07, 6.45) is 3.33. The first-order valence-corrected chi connectivity index (χ1v) is 8.16. The molecule has 126 valence electrons. The Morgan fingerprint density at radius 1 is 1.04 bits per heavy atom. The molecule has 7 heteroatoms. The summed E-state index contributed by atoms with van der Waals surface area (Å²) in [5, 5.41) is 3.32. The number of aromatic nitrogens is 2. The highest BCUT2D eigenvalue weighted by atomic mass is 32.2. The Bertz CT molecular complexity index is 919. The van der Waals surface area contributed by atoms with Crippen LogP contribution < -0.4 is 5.32 Å². The van der Waals surface area contributed by atoms with Crippen LogP contribution in [0.25, 0.3) is 0 Å². The van der Waals surface area contributed by atoms with Crippen LogP contribution in [0.15, 0.2) is 64.9 Å². The predicted molar refractivity (Wildman–Crippen MR) is 91.6 cm³/mol. The van der Waals surface area contributed by atoms with Gasteiger partial charge in [0, 0.05) is 28.5 Å². The Kier molecular flexibility index (Phi) is 5.04. The number of hydrogen-bond acceptors (Lipinski definition) is 4. The molecule has 1 heterocycles. The molecular formula is C18H13F2N3OS. The molecule has 0 fully saturated rings. The normalized spacial score (nSPS) is 10.5. The van der Waals surface area contributed by atoms with Crippen LogP contribution in [0.5, 0.6) is 0 Å². The number of hydrogen-bond donors (Lipinski definition) is 1. The number of carbonyl (C=O) groups excluding carboxylic acids is 1. The van der Waals surface area contributed by atoms with E-state index in [2.05, 4.69) is 15.3 Å². The Hall–Kier alpha value is -2.80. The number of anilines is 1. The number of rotatable bonds is 4. The Morgan fingerprint density at radius 2 is 1.80 bits per heavy atom. The summed E-state index contributed by atoms with van der Waals surface area (Å²) in [6.45, 7) is 1.84. The van der Waals surface area contributed by atoms with Crippen molar-refractivity contribution in [2.45, 2.75) is 17.0 Å². The zero-order valence-corrected chi connectivity index (χ0v) is 14.0. The SMILES string of the molecule is Cc1cc(Sc2ncccn2)ccc1NC(=O)c1ccc(F)c(F)c1. The number of benzene rings is 2. The second-order valence-corrected chi connectivity index (χ2v) is 6.23. The van der Waals surface area contributed by atoms with Gasteiger partial charge in [0.25, 0.3) is 5.91 Å². The maximum atomic E-state index is 13.2. The van der Waals surface area contributed by atoms with E-state index >= 15 is 0 Å². The van der Waals surface area contributed by atoms with E-state index in [9.17, 15) is 13.6 Å². The largest absolute Gasteiger partial charge is 0.322 e. The molecule has 0 aliphatic carbocycles. The number of halogens is 2. The summed E-state index contributed by atoms with van der Waals surface area (Å²) in [5.41, 5.74) is 1.47. The summed E-state index contributed by atoms with van der Waals surface area (Å²) < 4.78 is 26.2. The third-order valence-corrected chi connectivity index (χ3v) is 4.26. The molecule has 4 nitrogen and oxygen atoms in total. The van der Waals surface area contributed by atoms with Gasteiger partial charge in [-0.1, -0.05) is 0 Å². The molecule has 0 saturated heterocycles. The fourth-order valence-corrected chi connectivity index (χ4v) is 2.93. The fourth-order valence-electron chi connectivity index (χ4n) is 2.12. The lowest BCUT2D eigenvalue weighted by Gasteiger charge is -2.10. The molecule has 0 atom stereocenters. The van der Waals surface area contributed by atoms with Crippen LogP contribution in [0.3, 0.4) is 0 Å². The monoisotopic (exact) mass is 357 g/mol. The molecule has 3 rings (SSSR count). The van der Waals surface area contributed by atoms with Gasteiger partial charge in [-0.3, -0.25) is 4.79 Å². The predicted octanol–water partition coefficient (Wildman–Crippen LogP) is 4.47. The van der Waals surface area contributed by atoms with E-state index < -0.39 is 17.5 Å². The van der Waals surface area contributed by atoms with Crippen LogP contribution in [0.2, 0.25) is 0 Å². The number of nitrogens with one attached hydrogen (secondary N) is 1. The Labute approximate surface area is 147 Å². The molecule has 0 aliphatic rings. The minimum atomic E-state index is -1.06. The van der Waals surface area contributed by atoms with Crippen molar-refractivity contribution in [3.63, 3.8) is 0 Å². The molecule has 0 aliphatic heterocycles. The molecule has 0 saturated carbocycles. The minimum Gasteiger partial charge on any atom is -0.322 e. The second kappa shape index (κ2) is 7.40. The van der Waals surface area contributed by atoms with Crippen molar-refractivity contribution >= 4 is 23.4 Å². The molecule has 1 aromatic heterocycles. The summed E-state index contributed by atoms with van der Waals surface area (Å²) in [4.78, 5) is 21.4. The average molecular weight is 357 g/mol. The van der Waals surface area contributed by atoms with E-state index in [4.69, 9.17) is 0 Å². The van der Waals surface area contributed by atoms with E-state index in [0.29, 0.717) is 10.8 Å². The zero-order chi connectivity index (χ0) is 17.8. The summed E-state index contributed by atoms with van der Waals surface area (Å²) in [7, 11) is 0. The Morgan fingerprint density at radius 3 is 2.48 bits per heavy atom. The van der Waals surface area contributed by atoms with Crippen LogP contribution in [-0.2, 0) is 0 Å². The highest BCUT2D eigenvalue weighted by Crippen LogP contribution is 2.28. The Balaban J connectivity index is 1.74. The maximum Gasteiger partial charge on any atom is 0.255 e. The molecule has 25 heavy (non-hydrogen) atoms. The molecular weight excluding hydrogens is 344 g/mol. The van der Waals surface area contributed by atoms with Gasteiger partial charge in [-0.2, -0.15) is 0 Å². The average Bonchev–Trinajstić information content (AvgIpc) is 2.60. The molecule has 1 amide bonds. The van der Waals surface area contributed by atoms with Crippen molar-refractivity contribution < 1.29 is 13.6 Å². The second-order valence-electron chi connectivity index (χ2n) is 5.19. The van der Waals surface area contributed by atoms with E-state index in [-0.39, 0.29) is 5.56 Å². The summed E-state index contributed by atoms with van der Waals surface area (Å²) in [5.74, 6) is -2.55. The van der Waals surface area contributed by atoms with Crippen molar-refractivity contribution in [1.82, 2.24) is 9.97 Å². The molecule has 0 bridgehead atoms. The van der Waals surface area contributed by atoms with Gasteiger partial charge in [-0.25, -0.2) is 18.7 Å². The lowest BCUT2D eigenvalue weighted by molar-refractivity contribution is 0.102. The first kappa shape index (κ1) is 17.0. The van der Waals surface area contributed by atoms with E-state index in [1.807, 2.05) is 19.1 Å². The highest BCUT2D eigenvalue weighted by Gasteiger charge is 2.11. The van der Waals surface area contributed by atoms with Crippen molar-refractivity contribution in [1.29, 1.82) is 0 Å². The topological polar surface area (TPSA) is 54.9 Å². The van der Waals surface area contributed by atoms with Gasteiger partial charge in [-0.05, 0) is 66.7 Å². The van der Waals surface area contributed by atoms with Gasteiger partial charge < -0.3 is 5.32 Å².